The minimum atomic E-state index is -0.458. The average molecular weight is 489 g/mol. The maximum absolute atomic E-state index is 12.3. The van der Waals surface area contributed by atoms with Crippen LogP contribution in [0.25, 0.3) is 21.7 Å². The van der Waals surface area contributed by atoms with Gasteiger partial charge in [0.05, 0.1) is 16.3 Å². The molecule has 0 fully saturated rings. The molecule has 5 nitrogen and oxygen atoms in total. The van der Waals surface area contributed by atoms with Crippen molar-refractivity contribution in [2.75, 3.05) is 0 Å². The Kier molecular flexibility index (Phi) is 6.21. The minimum absolute atomic E-state index is 0.173. The quantitative estimate of drug-likeness (QED) is 0.202. The lowest BCUT2D eigenvalue weighted by atomic mass is 10.1. The summed E-state index contributed by atoms with van der Waals surface area (Å²) in [7, 11) is 0. The molecule has 0 aliphatic heterocycles. The van der Waals surface area contributed by atoms with Crippen molar-refractivity contribution in [3.05, 3.63) is 112 Å². The van der Waals surface area contributed by atoms with Crippen LogP contribution in [0.5, 0.6) is 5.75 Å². The topological polar surface area (TPSA) is 63.8 Å². The van der Waals surface area contributed by atoms with E-state index < -0.39 is 5.91 Å². The molecule has 5 rings (SSSR count). The molecule has 0 saturated heterocycles. The van der Waals surface area contributed by atoms with Gasteiger partial charge in [0.1, 0.15) is 12.2 Å². The van der Waals surface area contributed by atoms with E-state index in [1.54, 1.807) is 24.3 Å². The largest absolute Gasteiger partial charge is 0.486 e. The molecule has 7 heteroatoms. The van der Waals surface area contributed by atoms with Crippen molar-refractivity contribution in [1.82, 2.24) is 5.43 Å². The number of para-hydroxylation sites is 1. The first-order valence-corrected chi connectivity index (χ1v) is 11.2. The number of amides is 1. The van der Waals surface area contributed by atoms with E-state index in [4.69, 9.17) is 32.4 Å². The highest BCUT2D eigenvalue weighted by atomic mass is 35.5. The Morgan fingerprint density at radius 3 is 2.35 bits per heavy atom. The molecule has 4 aromatic carbocycles. The van der Waals surface area contributed by atoms with Gasteiger partial charge in [0.2, 0.25) is 0 Å². The summed E-state index contributed by atoms with van der Waals surface area (Å²) in [4.78, 5) is 12.3. The van der Waals surface area contributed by atoms with E-state index in [2.05, 4.69) is 34.8 Å². The van der Waals surface area contributed by atoms with Crippen LogP contribution in [0.15, 0.2) is 94.4 Å². The van der Waals surface area contributed by atoms with Gasteiger partial charge in [-0.05, 0) is 52.2 Å². The molecule has 0 unspecified atom stereocenters. The number of hydrazone groups is 1. The zero-order chi connectivity index (χ0) is 23.5. The second kappa shape index (κ2) is 9.59. The number of nitrogens with zero attached hydrogens (tertiary/aromatic N) is 1. The lowest BCUT2D eigenvalue weighted by molar-refractivity contribution is 0.0929. The van der Waals surface area contributed by atoms with E-state index in [-0.39, 0.29) is 5.76 Å². The highest BCUT2D eigenvalue weighted by Crippen LogP contribution is 2.34. The van der Waals surface area contributed by atoms with E-state index in [0.717, 1.165) is 16.3 Å². The van der Waals surface area contributed by atoms with Crippen LogP contribution in [0, 0.1) is 0 Å². The predicted molar refractivity (Wildman–Crippen MR) is 136 cm³/mol. The highest BCUT2D eigenvalue weighted by Gasteiger charge is 2.12. The van der Waals surface area contributed by atoms with Gasteiger partial charge in [-0.3, -0.25) is 4.79 Å². The number of hydrogen-bond acceptors (Lipinski definition) is 4. The molecule has 1 heterocycles. The maximum atomic E-state index is 12.3. The summed E-state index contributed by atoms with van der Waals surface area (Å²) >= 11 is 12.8. The summed E-state index contributed by atoms with van der Waals surface area (Å²) in [5.74, 6) is 0.104. The Balaban J connectivity index is 1.24. The summed E-state index contributed by atoms with van der Waals surface area (Å²) in [5.41, 5.74) is 4.69. The second-order valence-electron chi connectivity index (χ2n) is 7.63. The van der Waals surface area contributed by atoms with Gasteiger partial charge in [0, 0.05) is 5.39 Å². The molecular formula is C27H18Cl2N2O3. The van der Waals surface area contributed by atoms with Crippen LogP contribution in [-0.2, 0) is 6.61 Å². The molecule has 1 amide bonds. The molecule has 0 radical (unpaired) electrons. The Labute approximate surface area is 205 Å². The third kappa shape index (κ3) is 4.76. The van der Waals surface area contributed by atoms with Crippen LogP contribution in [0.4, 0.5) is 0 Å². The van der Waals surface area contributed by atoms with E-state index in [0.29, 0.717) is 33.5 Å². The normalized spacial score (nSPS) is 11.4. The van der Waals surface area contributed by atoms with E-state index in [1.165, 1.54) is 11.6 Å². The molecular weight excluding hydrogens is 471 g/mol. The zero-order valence-corrected chi connectivity index (χ0v) is 19.3. The first-order valence-electron chi connectivity index (χ1n) is 10.5. The van der Waals surface area contributed by atoms with Crippen LogP contribution >= 0.6 is 23.2 Å². The molecule has 0 spiro atoms. The molecule has 34 heavy (non-hydrogen) atoms. The Hall–Kier alpha value is -3.80. The van der Waals surface area contributed by atoms with E-state index >= 15 is 0 Å². The number of benzene rings is 4. The number of carbonyl (C=O) groups excluding carboxylic acids is 1. The van der Waals surface area contributed by atoms with Gasteiger partial charge in [0.15, 0.2) is 11.5 Å². The van der Waals surface area contributed by atoms with Crippen molar-refractivity contribution < 1.29 is 13.9 Å². The van der Waals surface area contributed by atoms with Crippen molar-refractivity contribution >= 4 is 57.1 Å². The van der Waals surface area contributed by atoms with Crippen molar-refractivity contribution in [2.24, 2.45) is 5.10 Å². The number of nitrogens with one attached hydrogen (secondary N) is 1. The molecule has 0 aliphatic rings. The highest BCUT2D eigenvalue weighted by molar-refractivity contribution is 6.37. The summed E-state index contributed by atoms with van der Waals surface area (Å²) in [6.07, 6.45) is 1.45. The monoisotopic (exact) mass is 488 g/mol. The molecule has 5 aromatic rings. The molecule has 1 N–H and O–H groups in total. The minimum Gasteiger partial charge on any atom is -0.486 e. The van der Waals surface area contributed by atoms with Gasteiger partial charge >= 0.3 is 5.91 Å². The number of fused-ring (bicyclic) bond motifs is 2. The lowest BCUT2D eigenvalue weighted by Crippen LogP contribution is -2.16. The SMILES string of the molecule is O=C(N/N=C/c1cc(Cl)c(OCc2ccc3ccccc3c2)c(Cl)c1)c1cc2ccccc2o1. The molecule has 168 valence electrons. The Morgan fingerprint density at radius 2 is 1.59 bits per heavy atom. The summed E-state index contributed by atoms with van der Waals surface area (Å²) < 4.78 is 11.4. The standard InChI is InChI=1S/C27H18Cl2N2O3/c28-22-12-18(15-30-31-27(32)25-14-21-7-3-4-8-24(21)34-25)13-23(29)26(22)33-16-17-9-10-19-5-1-2-6-20(19)11-17/h1-15H,16H2,(H,31,32)/b30-15+. The zero-order valence-electron chi connectivity index (χ0n) is 17.8. The fourth-order valence-corrected chi connectivity index (χ4v) is 4.20. The first-order chi connectivity index (χ1) is 16.6. The van der Waals surface area contributed by atoms with Crippen LogP contribution in [-0.4, -0.2) is 12.1 Å². The Bertz CT molecular complexity index is 1490. The summed E-state index contributed by atoms with van der Waals surface area (Å²) in [6, 6.07) is 26.6. The molecule has 0 bridgehead atoms. The summed E-state index contributed by atoms with van der Waals surface area (Å²) in [5, 5.41) is 7.81. The van der Waals surface area contributed by atoms with Gasteiger partial charge in [-0.2, -0.15) is 5.10 Å². The molecule has 0 saturated carbocycles. The molecule has 1 aromatic heterocycles. The number of furan rings is 1. The fraction of sp³-hybridized carbons (Fsp3) is 0.0370. The number of carbonyl (C=O) groups is 1. The van der Waals surface area contributed by atoms with Gasteiger partial charge in [-0.1, -0.05) is 77.8 Å². The Morgan fingerprint density at radius 1 is 0.882 bits per heavy atom. The van der Waals surface area contributed by atoms with E-state index in [1.807, 2.05) is 36.4 Å². The smallest absolute Gasteiger partial charge is 0.307 e. The van der Waals surface area contributed by atoms with E-state index in [9.17, 15) is 4.79 Å². The van der Waals surface area contributed by atoms with Crippen LogP contribution in [0.3, 0.4) is 0 Å². The maximum Gasteiger partial charge on any atom is 0.307 e. The van der Waals surface area contributed by atoms with Gasteiger partial charge < -0.3 is 9.15 Å². The van der Waals surface area contributed by atoms with Gasteiger partial charge in [-0.15, -0.1) is 0 Å². The van der Waals surface area contributed by atoms with Crippen molar-refractivity contribution in [2.45, 2.75) is 6.61 Å². The third-order valence-corrected chi connectivity index (χ3v) is 5.81. The van der Waals surface area contributed by atoms with Crippen LogP contribution in [0.2, 0.25) is 10.0 Å². The van der Waals surface area contributed by atoms with Crippen molar-refractivity contribution in [1.29, 1.82) is 0 Å². The summed E-state index contributed by atoms with van der Waals surface area (Å²) in [6.45, 7) is 0.325. The second-order valence-corrected chi connectivity index (χ2v) is 8.45. The van der Waals surface area contributed by atoms with Crippen molar-refractivity contribution in [3.63, 3.8) is 0 Å². The van der Waals surface area contributed by atoms with Gasteiger partial charge in [0.25, 0.3) is 0 Å². The lowest BCUT2D eigenvalue weighted by Gasteiger charge is -2.11. The number of ether oxygens (including phenoxy) is 1. The van der Waals surface area contributed by atoms with Gasteiger partial charge in [-0.25, -0.2) is 5.43 Å². The molecule has 0 aliphatic carbocycles. The first kappa shape index (κ1) is 22.0. The van der Waals surface area contributed by atoms with Crippen LogP contribution in [0.1, 0.15) is 21.7 Å². The third-order valence-electron chi connectivity index (χ3n) is 5.25. The van der Waals surface area contributed by atoms with Crippen LogP contribution < -0.4 is 10.2 Å². The number of hydrogen-bond donors (Lipinski definition) is 1. The fourth-order valence-electron chi connectivity index (χ4n) is 3.59. The average Bonchev–Trinajstić information content (AvgIpc) is 3.28. The predicted octanol–water partition coefficient (Wildman–Crippen LogP) is 7.24. The molecule has 0 atom stereocenters. The number of halogens is 2. The number of rotatable bonds is 6. The van der Waals surface area contributed by atoms with Crippen molar-refractivity contribution in [3.8, 4) is 5.75 Å².